The number of rotatable bonds is 11. The Hall–Kier alpha value is -3.18. The first kappa shape index (κ1) is 39.1. The van der Waals surface area contributed by atoms with Crippen LogP contribution in [0.25, 0.3) is 0 Å². The number of hydrogen-bond donors (Lipinski definition) is 0. The summed E-state index contributed by atoms with van der Waals surface area (Å²) in [6.07, 6.45) is 10.7. The van der Waals surface area contributed by atoms with Crippen LogP contribution in [0.2, 0.25) is 0 Å². The fraction of sp³-hybridized carbons (Fsp3) is 0.857. The van der Waals surface area contributed by atoms with Crippen molar-refractivity contribution in [2.45, 2.75) is 167 Å². The summed E-state index contributed by atoms with van der Waals surface area (Å²) in [5, 5.41) is 0. The van der Waals surface area contributed by atoms with Crippen molar-refractivity contribution in [1.82, 2.24) is 0 Å². The zero-order chi connectivity index (χ0) is 38.7. The summed E-state index contributed by atoms with van der Waals surface area (Å²) in [7, 11) is 0. The van der Waals surface area contributed by atoms with Gasteiger partial charge < -0.3 is 28.4 Å². The molecule has 2 heterocycles. The SMILES string of the molecule is CCC(C)C(=O)OC1C2CC3C1OC(=O)C3C2C(=O)OC1(C)CCCCC1.CCC(C)C(=O)OC1C2CC3C1OC(=O)C3C2C(=O)OC1(CC)CCCC1. The molecule has 0 aromatic heterocycles. The molecule has 8 aliphatic rings. The number of ether oxygens (including phenoxy) is 6. The van der Waals surface area contributed by atoms with E-state index in [1.165, 1.54) is 6.42 Å². The lowest BCUT2D eigenvalue weighted by Gasteiger charge is -2.36. The van der Waals surface area contributed by atoms with Crippen LogP contribution in [-0.2, 0) is 57.2 Å². The summed E-state index contributed by atoms with van der Waals surface area (Å²) >= 11 is 0. The van der Waals surface area contributed by atoms with E-state index in [0.29, 0.717) is 25.7 Å². The molecule has 14 atom stereocenters. The number of fused-ring (bicyclic) bond motifs is 2. The normalized spacial score (nSPS) is 39.5. The molecule has 6 saturated carbocycles. The molecule has 300 valence electrons. The standard InChI is InChI=1S/2C21H30O6/c1-4-11(2)18(22)25-16-13-10-12-14(19(23)26-17(12)16)15(13)20(24)27-21(3)8-6-5-7-9-21;1-4-11(3)18(22)25-16-13-10-12-14(19(23)26-17(12)16)15(13)20(24)27-21(5-2)8-6-7-9-21/h2*11-17H,4-10H2,1-3H3. The monoisotopic (exact) mass is 756 g/mol. The predicted molar refractivity (Wildman–Crippen MR) is 191 cm³/mol. The van der Waals surface area contributed by atoms with Crippen LogP contribution in [-0.4, -0.2) is 71.4 Å². The topological polar surface area (TPSA) is 158 Å². The second-order valence-corrected chi connectivity index (χ2v) is 18.1. The van der Waals surface area contributed by atoms with E-state index in [1.54, 1.807) is 0 Å². The zero-order valence-corrected chi connectivity index (χ0v) is 32.9. The molecule has 12 nitrogen and oxygen atoms in total. The molecule has 0 aromatic rings. The Morgan fingerprint density at radius 3 is 1.50 bits per heavy atom. The molecule has 14 unspecified atom stereocenters. The second kappa shape index (κ2) is 15.1. The molecule has 6 aliphatic carbocycles. The third-order valence-electron chi connectivity index (χ3n) is 14.9. The molecular formula is C42H60O12. The highest BCUT2D eigenvalue weighted by molar-refractivity contribution is 5.87. The number of esters is 6. The lowest BCUT2D eigenvalue weighted by molar-refractivity contribution is -0.177. The zero-order valence-electron chi connectivity index (χ0n) is 32.9. The number of hydrogen-bond acceptors (Lipinski definition) is 12. The molecule has 54 heavy (non-hydrogen) atoms. The summed E-state index contributed by atoms with van der Waals surface area (Å²) in [4.78, 5) is 75.8. The predicted octanol–water partition coefficient (Wildman–Crippen LogP) is 6.04. The van der Waals surface area contributed by atoms with Gasteiger partial charge in [0, 0.05) is 23.7 Å². The molecule has 4 bridgehead atoms. The Balaban J connectivity index is 0.000000167. The van der Waals surface area contributed by atoms with E-state index in [1.807, 2.05) is 34.6 Å². The quantitative estimate of drug-likeness (QED) is 0.178. The Bertz CT molecular complexity index is 1490. The first-order valence-corrected chi connectivity index (χ1v) is 21.0. The first-order chi connectivity index (χ1) is 25.7. The minimum atomic E-state index is -0.547. The maximum absolute atomic E-state index is 13.1. The van der Waals surface area contributed by atoms with Crippen molar-refractivity contribution >= 4 is 35.8 Å². The fourth-order valence-electron chi connectivity index (χ4n) is 11.3. The van der Waals surface area contributed by atoms with Gasteiger partial charge in [0.1, 0.15) is 35.6 Å². The molecule has 0 aromatic carbocycles. The van der Waals surface area contributed by atoms with Crippen LogP contribution < -0.4 is 0 Å². The highest BCUT2D eigenvalue weighted by Gasteiger charge is 2.72. The number of carbonyl (C=O) groups excluding carboxylic acids is 6. The molecule has 8 fully saturated rings. The van der Waals surface area contributed by atoms with Gasteiger partial charge >= 0.3 is 35.8 Å². The third-order valence-corrected chi connectivity index (χ3v) is 14.9. The van der Waals surface area contributed by atoms with Crippen molar-refractivity contribution in [1.29, 1.82) is 0 Å². The van der Waals surface area contributed by atoms with Gasteiger partial charge in [-0.15, -0.1) is 0 Å². The van der Waals surface area contributed by atoms with E-state index in [0.717, 1.165) is 57.8 Å². The molecule has 0 N–H and O–H groups in total. The van der Waals surface area contributed by atoms with Gasteiger partial charge in [0.2, 0.25) is 0 Å². The van der Waals surface area contributed by atoms with E-state index in [9.17, 15) is 28.8 Å². The molecule has 2 saturated heterocycles. The molecule has 0 radical (unpaired) electrons. The van der Waals surface area contributed by atoms with Crippen molar-refractivity contribution in [3.8, 4) is 0 Å². The average Bonchev–Trinajstić information content (AvgIpc) is 4.01. The largest absolute Gasteiger partial charge is 0.459 e. The highest BCUT2D eigenvalue weighted by Crippen LogP contribution is 2.61. The van der Waals surface area contributed by atoms with Gasteiger partial charge in [-0.1, -0.05) is 41.0 Å². The van der Waals surface area contributed by atoms with Crippen LogP contribution >= 0.6 is 0 Å². The van der Waals surface area contributed by atoms with Crippen LogP contribution in [0.1, 0.15) is 131 Å². The van der Waals surface area contributed by atoms with Crippen molar-refractivity contribution in [3.05, 3.63) is 0 Å². The second-order valence-electron chi connectivity index (χ2n) is 18.1. The first-order valence-electron chi connectivity index (χ1n) is 21.0. The summed E-state index contributed by atoms with van der Waals surface area (Å²) in [6.45, 7) is 11.6. The van der Waals surface area contributed by atoms with Crippen molar-refractivity contribution in [2.24, 2.45) is 59.2 Å². The van der Waals surface area contributed by atoms with Crippen LogP contribution in [0.5, 0.6) is 0 Å². The van der Waals surface area contributed by atoms with Gasteiger partial charge in [-0.3, -0.25) is 28.8 Å². The Kier molecular flexibility index (Phi) is 10.9. The summed E-state index contributed by atoms with van der Waals surface area (Å²) in [5.74, 6) is -4.58. The molecular weight excluding hydrogens is 696 g/mol. The van der Waals surface area contributed by atoms with Gasteiger partial charge in [0.15, 0.2) is 0 Å². The van der Waals surface area contributed by atoms with E-state index < -0.39 is 53.7 Å². The average molecular weight is 757 g/mol. The number of carbonyl (C=O) groups is 6. The van der Waals surface area contributed by atoms with Gasteiger partial charge in [-0.25, -0.2) is 0 Å². The van der Waals surface area contributed by atoms with Gasteiger partial charge in [-0.2, -0.15) is 0 Å². The van der Waals surface area contributed by atoms with Gasteiger partial charge in [0.05, 0.1) is 35.5 Å². The molecule has 2 aliphatic heterocycles. The van der Waals surface area contributed by atoms with Crippen molar-refractivity contribution in [3.63, 3.8) is 0 Å². The lowest BCUT2D eigenvalue weighted by atomic mass is 9.78. The lowest BCUT2D eigenvalue weighted by Crippen LogP contribution is -2.46. The van der Waals surface area contributed by atoms with Gasteiger partial charge in [-0.05, 0) is 90.4 Å². The Morgan fingerprint density at radius 1 is 0.648 bits per heavy atom. The van der Waals surface area contributed by atoms with E-state index in [2.05, 4.69) is 6.92 Å². The van der Waals surface area contributed by atoms with Crippen molar-refractivity contribution < 1.29 is 57.2 Å². The van der Waals surface area contributed by atoms with E-state index in [-0.39, 0.29) is 76.9 Å². The maximum Gasteiger partial charge on any atom is 0.310 e. The Labute approximate surface area is 318 Å². The van der Waals surface area contributed by atoms with Crippen molar-refractivity contribution in [2.75, 3.05) is 0 Å². The van der Waals surface area contributed by atoms with Gasteiger partial charge in [0.25, 0.3) is 0 Å². The highest BCUT2D eigenvalue weighted by atomic mass is 16.6. The fourth-order valence-corrected chi connectivity index (χ4v) is 11.3. The summed E-state index contributed by atoms with van der Waals surface area (Å²) in [5.41, 5.74) is -0.828. The van der Waals surface area contributed by atoms with Crippen LogP contribution in [0.4, 0.5) is 0 Å². The molecule has 8 rings (SSSR count). The minimum Gasteiger partial charge on any atom is -0.459 e. The van der Waals surface area contributed by atoms with Crippen LogP contribution in [0.15, 0.2) is 0 Å². The smallest absolute Gasteiger partial charge is 0.310 e. The minimum absolute atomic E-state index is 0.0315. The molecule has 12 heteroatoms. The van der Waals surface area contributed by atoms with Crippen LogP contribution in [0.3, 0.4) is 0 Å². The van der Waals surface area contributed by atoms with E-state index >= 15 is 0 Å². The summed E-state index contributed by atoms with van der Waals surface area (Å²) < 4.78 is 34.6. The molecule has 0 amide bonds. The van der Waals surface area contributed by atoms with E-state index in [4.69, 9.17) is 28.4 Å². The maximum atomic E-state index is 13.1. The van der Waals surface area contributed by atoms with Crippen LogP contribution in [0, 0.1) is 59.2 Å². The third kappa shape index (κ3) is 6.73. The Morgan fingerprint density at radius 2 is 1.07 bits per heavy atom. The molecule has 0 spiro atoms. The summed E-state index contributed by atoms with van der Waals surface area (Å²) in [6, 6.07) is 0.